The van der Waals surface area contributed by atoms with Gasteiger partial charge in [0.15, 0.2) is 0 Å². The van der Waals surface area contributed by atoms with E-state index in [1.165, 1.54) is 6.07 Å². The Morgan fingerprint density at radius 2 is 1.71 bits per heavy atom. The number of unbranched alkanes of at least 4 members (excludes halogenated alkanes) is 2. The number of aromatic carboxylic acids is 1. The number of carbonyl (C=O) groups excluding carboxylic acids is 5. The summed E-state index contributed by atoms with van der Waals surface area (Å²) in [5.41, 5.74) is 7.46. The molecule has 2 aromatic rings. The number of primary amides is 1. The lowest BCUT2D eigenvalue weighted by molar-refractivity contribution is -0.165. The lowest BCUT2D eigenvalue weighted by atomic mass is 9.96. The Bertz CT molecular complexity index is 1370. The van der Waals surface area contributed by atoms with Crippen LogP contribution in [0.15, 0.2) is 42.5 Å². The van der Waals surface area contributed by atoms with Crippen LogP contribution in [0, 0.1) is 0 Å². The zero-order valence-electron chi connectivity index (χ0n) is 24.0. The maximum absolute atomic E-state index is 13.6. The van der Waals surface area contributed by atoms with E-state index in [2.05, 4.69) is 10.6 Å². The minimum Gasteiger partial charge on any atom is -0.478 e. The lowest BCUT2D eigenvalue weighted by Crippen LogP contribution is -2.66. The first-order valence-corrected chi connectivity index (χ1v) is 13.9. The van der Waals surface area contributed by atoms with Gasteiger partial charge in [-0.3, -0.25) is 24.1 Å². The van der Waals surface area contributed by atoms with Gasteiger partial charge in [-0.05, 0) is 56.0 Å². The summed E-state index contributed by atoms with van der Waals surface area (Å²) in [4.78, 5) is 77.5. The van der Waals surface area contributed by atoms with Gasteiger partial charge in [0.25, 0.3) is 5.91 Å². The molecule has 0 unspecified atom stereocenters. The van der Waals surface area contributed by atoms with Gasteiger partial charge in [0.2, 0.25) is 5.91 Å². The van der Waals surface area contributed by atoms with Gasteiger partial charge in [0, 0.05) is 31.1 Å². The second-order valence-corrected chi connectivity index (χ2v) is 10.4. The average molecular weight is 580 g/mol. The van der Waals surface area contributed by atoms with Crippen LogP contribution in [0.2, 0.25) is 0 Å². The predicted molar refractivity (Wildman–Crippen MR) is 155 cm³/mol. The molecule has 224 valence electrons. The molecule has 6 amide bonds. The summed E-state index contributed by atoms with van der Waals surface area (Å²) in [6.07, 6.45) is 2.27. The number of para-hydroxylation sites is 1. The standard InChI is InChI=1S/C30H37N5O7/c1-4-5-8-15-34-26(37)24(35(28(39)27(34)38)30(42)32-18(2)3)17-19-11-13-22(20(16-19)12-14-25(31)36)33-23-10-7-6-9-21(23)29(40)41/h6-7,9-11,13,16,18,24,33H,4-5,8,12,14-15,17H2,1-3H3,(H2,31,36)(H,32,42)(H,40,41)/t24-/m1/s1. The fourth-order valence-electron chi connectivity index (χ4n) is 4.72. The third-order valence-corrected chi connectivity index (χ3v) is 6.79. The first-order valence-electron chi connectivity index (χ1n) is 13.9. The molecule has 0 saturated carbocycles. The molecular weight excluding hydrogens is 542 g/mol. The smallest absolute Gasteiger partial charge is 0.337 e. The molecule has 0 aromatic heterocycles. The van der Waals surface area contributed by atoms with E-state index in [0.29, 0.717) is 33.8 Å². The van der Waals surface area contributed by atoms with Gasteiger partial charge in [-0.15, -0.1) is 0 Å². The summed E-state index contributed by atoms with van der Waals surface area (Å²) in [7, 11) is 0. The highest BCUT2D eigenvalue weighted by Crippen LogP contribution is 2.28. The molecule has 12 nitrogen and oxygen atoms in total. The molecule has 3 rings (SSSR count). The number of hydrogen-bond donors (Lipinski definition) is 4. The number of amides is 6. The number of imide groups is 2. The topological polar surface area (TPSA) is 179 Å². The van der Waals surface area contributed by atoms with Crippen molar-refractivity contribution >= 4 is 47.0 Å². The zero-order chi connectivity index (χ0) is 31.0. The number of piperazine rings is 1. The van der Waals surface area contributed by atoms with Gasteiger partial charge in [0.1, 0.15) is 6.04 Å². The molecule has 42 heavy (non-hydrogen) atoms. The molecule has 0 aliphatic carbocycles. The molecule has 0 radical (unpaired) electrons. The van der Waals surface area contributed by atoms with Gasteiger partial charge < -0.3 is 21.5 Å². The summed E-state index contributed by atoms with van der Waals surface area (Å²) in [5.74, 6) is -4.42. The fraction of sp³-hybridized carbons (Fsp3) is 0.400. The molecular formula is C30H37N5O7. The number of aryl methyl sites for hydroxylation is 1. The van der Waals surface area contributed by atoms with Crippen LogP contribution in [-0.4, -0.2) is 69.2 Å². The van der Waals surface area contributed by atoms with Crippen LogP contribution in [0.5, 0.6) is 0 Å². The SMILES string of the molecule is CCCCCN1C(=O)C(=O)N(C(=O)NC(C)C)[C@H](Cc2ccc(Nc3ccccc3C(=O)O)c(CCC(N)=O)c2)C1=O. The number of carboxylic acid groups (broad SMARTS) is 1. The Morgan fingerprint density at radius 1 is 1.00 bits per heavy atom. The molecule has 1 aliphatic rings. The van der Waals surface area contributed by atoms with Gasteiger partial charge >= 0.3 is 23.8 Å². The Morgan fingerprint density at radius 3 is 2.36 bits per heavy atom. The Balaban J connectivity index is 2.00. The van der Waals surface area contributed by atoms with E-state index in [0.717, 1.165) is 17.7 Å². The summed E-state index contributed by atoms with van der Waals surface area (Å²) in [6.45, 7) is 5.44. The van der Waals surface area contributed by atoms with Crippen molar-refractivity contribution in [3.8, 4) is 0 Å². The van der Waals surface area contributed by atoms with Crippen LogP contribution >= 0.6 is 0 Å². The average Bonchev–Trinajstić information content (AvgIpc) is 2.93. The van der Waals surface area contributed by atoms with Gasteiger partial charge in [-0.25, -0.2) is 14.5 Å². The highest BCUT2D eigenvalue weighted by atomic mass is 16.4. The van der Waals surface area contributed by atoms with Crippen molar-refractivity contribution in [2.75, 3.05) is 11.9 Å². The third-order valence-electron chi connectivity index (χ3n) is 6.79. The highest BCUT2D eigenvalue weighted by molar-refractivity contribution is 6.42. The summed E-state index contributed by atoms with van der Waals surface area (Å²) >= 11 is 0. The van der Waals surface area contributed by atoms with Gasteiger partial charge in [-0.2, -0.15) is 0 Å². The number of nitrogens with two attached hydrogens (primary N) is 1. The van der Waals surface area contributed by atoms with Crippen LogP contribution in [0.25, 0.3) is 0 Å². The molecule has 1 saturated heterocycles. The van der Waals surface area contributed by atoms with Crippen molar-refractivity contribution in [2.24, 2.45) is 5.73 Å². The molecule has 1 atom stereocenters. The van der Waals surface area contributed by atoms with Crippen LogP contribution in [0.1, 0.15) is 67.9 Å². The van der Waals surface area contributed by atoms with E-state index in [1.54, 1.807) is 50.2 Å². The Kier molecular flexibility index (Phi) is 10.8. The third kappa shape index (κ3) is 7.71. The van der Waals surface area contributed by atoms with Crippen molar-refractivity contribution < 1.29 is 33.9 Å². The van der Waals surface area contributed by atoms with Crippen LogP contribution < -0.4 is 16.4 Å². The van der Waals surface area contributed by atoms with E-state index in [1.807, 2.05) is 6.92 Å². The first-order chi connectivity index (χ1) is 19.9. The number of hydrogen-bond acceptors (Lipinski definition) is 7. The first kappa shape index (κ1) is 31.8. The Hall–Kier alpha value is -4.74. The Labute approximate surface area is 244 Å². The van der Waals surface area contributed by atoms with Gasteiger partial charge in [-0.1, -0.05) is 44.0 Å². The maximum Gasteiger partial charge on any atom is 0.337 e. The predicted octanol–water partition coefficient (Wildman–Crippen LogP) is 2.96. The maximum atomic E-state index is 13.6. The number of anilines is 2. The second kappa shape index (κ2) is 14.2. The largest absolute Gasteiger partial charge is 0.478 e. The number of carboxylic acids is 1. The second-order valence-electron chi connectivity index (χ2n) is 10.4. The van der Waals surface area contributed by atoms with E-state index in [9.17, 15) is 33.9 Å². The minimum absolute atomic E-state index is 0.00217. The number of carbonyl (C=O) groups is 6. The van der Waals surface area contributed by atoms with Crippen molar-refractivity contribution in [3.63, 3.8) is 0 Å². The molecule has 0 bridgehead atoms. The number of nitrogens with zero attached hydrogens (tertiary/aromatic N) is 2. The summed E-state index contributed by atoms with van der Waals surface area (Å²) in [5, 5.41) is 15.3. The zero-order valence-corrected chi connectivity index (χ0v) is 24.0. The van der Waals surface area contributed by atoms with Crippen molar-refractivity contribution in [1.29, 1.82) is 0 Å². The normalized spacial score (nSPS) is 15.2. The number of rotatable bonds is 13. The van der Waals surface area contributed by atoms with E-state index in [4.69, 9.17) is 5.73 Å². The molecule has 0 spiro atoms. The summed E-state index contributed by atoms with van der Waals surface area (Å²) in [6, 6.07) is 8.94. The number of urea groups is 1. The quantitative estimate of drug-likeness (QED) is 0.159. The number of nitrogens with one attached hydrogen (secondary N) is 2. The summed E-state index contributed by atoms with van der Waals surface area (Å²) < 4.78 is 0. The van der Waals surface area contributed by atoms with Crippen molar-refractivity contribution in [1.82, 2.24) is 15.1 Å². The molecule has 2 aromatic carbocycles. The van der Waals surface area contributed by atoms with Crippen molar-refractivity contribution in [2.45, 2.75) is 71.4 Å². The molecule has 5 N–H and O–H groups in total. The number of benzene rings is 2. The van der Waals surface area contributed by atoms with E-state index < -0.39 is 41.7 Å². The van der Waals surface area contributed by atoms with E-state index >= 15 is 0 Å². The molecule has 1 fully saturated rings. The van der Waals surface area contributed by atoms with E-state index in [-0.39, 0.29) is 37.4 Å². The van der Waals surface area contributed by atoms with Crippen LogP contribution in [0.4, 0.5) is 16.2 Å². The molecule has 1 aliphatic heterocycles. The van der Waals surface area contributed by atoms with Crippen LogP contribution in [-0.2, 0) is 32.0 Å². The lowest BCUT2D eigenvalue weighted by Gasteiger charge is -2.38. The molecule has 1 heterocycles. The van der Waals surface area contributed by atoms with Crippen LogP contribution in [0.3, 0.4) is 0 Å². The fourth-order valence-corrected chi connectivity index (χ4v) is 4.72. The monoisotopic (exact) mass is 579 g/mol. The van der Waals surface area contributed by atoms with Crippen molar-refractivity contribution in [3.05, 3.63) is 59.2 Å². The highest BCUT2D eigenvalue weighted by Gasteiger charge is 2.48. The molecule has 12 heteroatoms. The minimum atomic E-state index is -1.27. The van der Waals surface area contributed by atoms with Gasteiger partial charge in [0.05, 0.1) is 11.3 Å².